The second-order valence-electron chi connectivity index (χ2n) is 5.00. The third-order valence-corrected chi connectivity index (χ3v) is 3.64. The SMILES string of the molecule is COCCN(C(=O)[C@@H]1CNC[C@H]1C)C1CC1. The van der Waals surface area contributed by atoms with Crippen LogP contribution >= 0.6 is 0 Å². The average Bonchev–Trinajstić information content (AvgIpc) is 3.01. The highest BCUT2D eigenvalue weighted by atomic mass is 16.5. The van der Waals surface area contributed by atoms with Gasteiger partial charge in [0.2, 0.25) is 5.91 Å². The lowest BCUT2D eigenvalue weighted by atomic mass is 9.96. The van der Waals surface area contributed by atoms with E-state index < -0.39 is 0 Å². The van der Waals surface area contributed by atoms with Crippen molar-refractivity contribution < 1.29 is 9.53 Å². The highest BCUT2D eigenvalue weighted by Gasteiger charge is 2.38. The van der Waals surface area contributed by atoms with Crippen molar-refractivity contribution in [3.63, 3.8) is 0 Å². The van der Waals surface area contributed by atoms with Crippen molar-refractivity contribution in [2.45, 2.75) is 25.8 Å². The predicted molar refractivity (Wildman–Crippen MR) is 62.1 cm³/mol. The topological polar surface area (TPSA) is 41.6 Å². The van der Waals surface area contributed by atoms with Crippen molar-refractivity contribution in [2.24, 2.45) is 11.8 Å². The van der Waals surface area contributed by atoms with Crippen molar-refractivity contribution in [1.82, 2.24) is 10.2 Å². The Labute approximate surface area is 97.3 Å². The monoisotopic (exact) mass is 226 g/mol. The molecule has 1 aliphatic heterocycles. The van der Waals surface area contributed by atoms with Gasteiger partial charge < -0.3 is 15.0 Å². The van der Waals surface area contributed by atoms with Gasteiger partial charge in [0, 0.05) is 26.2 Å². The lowest BCUT2D eigenvalue weighted by Gasteiger charge is -2.26. The molecule has 92 valence electrons. The van der Waals surface area contributed by atoms with Crippen molar-refractivity contribution in [3.05, 3.63) is 0 Å². The van der Waals surface area contributed by atoms with Gasteiger partial charge in [0.1, 0.15) is 0 Å². The third kappa shape index (κ3) is 2.55. The lowest BCUT2D eigenvalue weighted by Crippen LogP contribution is -2.42. The largest absolute Gasteiger partial charge is 0.383 e. The first-order valence-electron chi connectivity index (χ1n) is 6.24. The lowest BCUT2D eigenvalue weighted by molar-refractivity contribution is -0.137. The molecular formula is C12H22N2O2. The summed E-state index contributed by atoms with van der Waals surface area (Å²) in [5.74, 6) is 0.978. The van der Waals surface area contributed by atoms with Crippen molar-refractivity contribution in [3.8, 4) is 0 Å². The van der Waals surface area contributed by atoms with E-state index in [9.17, 15) is 4.79 Å². The number of hydrogen-bond acceptors (Lipinski definition) is 3. The summed E-state index contributed by atoms with van der Waals surface area (Å²) in [5.41, 5.74) is 0. The van der Waals surface area contributed by atoms with Crippen LogP contribution in [0.3, 0.4) is 0 Å². The van der Waals surface area contributed by atoms with Crippen LogP contribution in [0, 0.1) is 11.8 Å². The van der Waals surface area contributed by atoms with E-state index in [4.69, 9.17) is 4.74 Å². The van der Waals surface area contributed by atoms with Gasteiger partial charge in [-0.25, -0.2) is 0 Å². The fourth-order valence-corrected chi connectivity index (χ4v) is 2.40. The molecule has 1 N–H and O–H groups in total. The van der Waals surface area contributed by atoms with Gasteiger partial charge in [-0.2, -0.15) is 0 Å². The van der Waals surface area contributed by atoms with Crippen LogP contribution in [0.2, 0.25) is 0 Å². The molecule has 4 nitrogen and oxygen atoms in total. The summed E-state index contributed by atoms with van der Waals surface area (Å²) in [5, 5.41) is 3.29. The first kappa shape index (κ1) is 11.9. The molecular weight excluding hydrogens is 204 g/mol. The number of rotatable bonds is 5. The molecule has 2 aliphatic rings. The van der Waals surface area contributed by atoms with E-state index in [1.54, 1.807) is 7.11 Å². The number of nitrogens with one attached hydrogen (secondary N) is 1. The Morgan fingerprint density at radius 1 is 1.44 bits per heavy atom. The summed E-state index contributed by atoms with van der Waals surface area (Å²) >= 11 is 0. The minimum absolute atomic E-state index is 0.178. The first-order chi connectivity index (χ1) is 7.74. The standard InChI is InChI=1S/C12H22N2O2/c1-9-7-13-8-11(9)12(15)14(5-6-16-2)10-3-4-10/h9-11,13H,3-8H2,1-2H3/t9-,11-/m1/s1. The number of carbonyl (C=O) groups excluding carboxylic acids is 1. The highest BCUT2D eigenvalue weighted by molar-refractivity contribution is 5.80. The first-order valence-corrected chi connectivity index (χ1v) is 6.24. The Kier molecular flexibility index (Phi) is 3.82. The summed E-state index contributed by atoms with van der Waals surface area (Å²) in [6.45, 7) is 5.37. The van der Waals surface area contributed by atoms with Gasteiger partial charge in [-0.05, 0) is 25.3 Å². The summed E-state index contributed by atoms with van der Waals surface area (Å²) in [6, 6.07) is 0.496. The fourth-order valence-electron chi connectivity index (χ4n) is 2.40. The van der Waals surface area contributed by atoms with Crippen LogP contribution in [0.5, 0.6) is 0 Å². The molecule has 2 atom stereocenters. The molecule has 4 heteroatoms. The molecule has 1 heterocycles. The fraction of sp³-hybridized carbons (Fsp3) is 0.917. The maximum absolute atomic E-state index is 12.4. The van der Waals surface area contributed by atoms with Crippen LogP contribution in [-0.2, 0) is 9.53 Å². The second kappa shape index (κ2) is 5.15. The van der Waals surface area contributed by atoms with Crippen LogP contribution in [0.25, 0.3) is 0 Å². The van der Waals surface area contributed by atoms with Gasteiger partial charge in [-0.15, -0.1) is 0 Å². The van der Waals surface area contributed by atoms with Gasteiger partial charge in [-0.1, -0.05) is 6.92 Å². The van der Waals surface area contributed by atoms with Crippen LogP contribution in [0.1, 0.15) is 19.8 Å². The number of nitrogens with zero attached hydrogens (tertiary/aromatic N) is 1. The maximum atomic E-state index is 12.4. The molecule has 1 saturated carbocycles. The van der Waals surface area contributed by atoms with E-state index in [0.717, 1.165) is 19.6 Å². The summed E-state index contributed by atoms with van der Waals surface area (Å²) < 4.78 is 5.08. The molecule has 0 unspecified atom stereocenters. The van der Waals surface area contributed by atoms with Crippen LogP contribution in [0.15, 0.2) is 0 Å². The van der Waals surface area contributed by atoms with E-state index in [0.29, 0.717) is 24.5 Å². The minimum atomic E-state index is 0.178. The minimum Gasteiger partial charge on any atom is -0.383 e. The number of ether oxygens (including phenoxy) is 1. The Hall–Kier alpha value is -0.610. The summed E-state index contributed by atoms with van der Waals surface area (Å²) in [6.07, 6.45) is 2.34. The molecule has 1 amide bonds. The molecule has 2 rings (SSSR count). The normalized spacial score (nSPS) is 29.4. The van der Waals surface area contributed by atoms with E-state index in [1.165, 1.54) is 12.8 Å². The van der Waals surface area contributed by atoms with Crippen LogP contribution in [-0.4, -0.2) is 50.2 Å². The maximum Gasteiger partial charge on any atom is 0.227 e. The predicted octanol–water partition coefficient (Wildman–Crippen LogP) is 0.479. The molecule has 0 aromatic carbocycles. The van der Waals surface area contributed by atoms with E-state index in [-0.39, 0.29) is 5.92 Å². The Bertz CT molecular complexity index is 253. The van der Waals surface area contributed by atoms with Crippen molar-refractivity contribution in [2.75, 3.05) is 33.4 Å². The van der Waals surface area contributed by atoms with Gasteiger partial charge in [0.25, 0.3) is 0 Å². The Morgan fingerprint density at radius 3 is 2.69 bits per heavy atom. The molecule has 0 aromatic rings. The number of carbonyl (C=O) groups is 1. The molecule has 0 bridgehead atoms. The number of hydrogen-bond donors (Lipinski definition) is 1. The molecule has 0 spiro atoms. The Balaban J connectivity index is 1.93. The smallest absolute Gasteiger partial charge is 0.227 e. The quantitative estimate of drug-likeness (QED) is 0.741. The van der Waals surface area contributed by atoms with Crippen molar-refractivity contribution >= 4 is 5.91 Å². The zero-order valence-corrected chi connectivity index (χ0v) is 10.2. The van der Waals surface area contributed by atoms with E-state index in [2.05, 4.69) is 12.2 Å². The summed E-state index contributed by atoms with van der Waals surface area (Å²) in [7, 11) is 1.69. The van der Waals surface area contributed by atoms with Gasteiger partial charge in [-0.3, -0.25) is 4.79 Å². The highest BCUT2D eigenvalue weighted by Crippen LogP contribution is 2.30. The molecule has 1 aliphatic carbocycles. The second-order valence-corrected chi connectivity index (χ2v) is 5.00. The van der Waals surface area contributed by atoms with Crippen molar-refractivity contribution in [1.29, 1.82) is 0 Å². The number of amides is 1. The zero-order chi connectivity index (χ0) is 11.5. The van der Waals surface area contributed by atoms with Gasteiger partial charge in [0.05, 0.1) is 12.5 Å². The zero-order valence-electron chi connectivity index (χ0n) is 10.2. The molecule has 0 radical (unpaired) electrons. The van der Waals surface area contributed by atoms with E-state index in [1.807, 2.05) is 4.90 Å². The van der Waals surface area contributed by atoms with Crippen LogP contribution < -0.4 is 5.32 Å². The third-order valence-electron chi connectivity index (χ3n) is 3.64. The molecule has 2 fully saturated rings. The van der Waals surface area contributed by atoms with Gasteiger partial charge in [0.15, 0.2) is 0 Å². The van der Waals surface area contributed by atoms with E-state index >= 15 is 0 Å². The Morgan fingerprint density at radius 2 is 2.19 bits per heavy atom. The van der Waals surface area contributed by atoms with Gasteiger partial charge >= 0.3 is 0 Å². The number of methoxy groups -OCH3 is 1. The molecule has 1 saturated heterocycles. The molecule has 16 heavy (non-hydrogen) atoms. The average molecular weight is 226 g/mol. The van der Waals surface area contributed by atoms with Crippen LogP contribution in [0.4, 0.5) is 0 Å². The molecule has 0 aromatic heterocycles. The summed E-state index contributed by atoms with van der Waals surface area (Å²) in [4.78, 5) is 14.4.